The van der Waals surface area contributed by atoms with Gasteiger partial charge in [0.05, 0.1) is 11.1 Å². The van der Waals surface area contributed by atoms with E-state index in [2.05, 4.69) is 16.8 Å². The maximum atomic E-state index is 12.6. The van der Waals surface area contributed by atoms with Crippen molar-refractivity contribution in [2.45, 2.75) is 76.5 Å². The maximum Gasteiger partial charge on any atom is 0.259 e. The number of hydrogen-bond donors (Lipinski definition) is 1. The zero-order chi connectivity index (χ0) is 19.5. The van der Waals surface area contributed by atoms with Crippen LogP contribution in [0.2, 0.25) is 0 Å². The molecule has 1 unspecified atom stereocenters. The summed E-state index contributed by atoms with van der Waals surface area (Å²) in [6.45, 7) is 3.09. The highest BCUT2D eigenvalue weighted by Gasteiger charge is 2.24. The number of fused-ring (bicyclic) bond motifs is 3. The van der Waals surface area contributed by atoms with Gasteiger partial charge in [-0.3, -0.25) is 9.59 Å². The number of carbonyl (C=O) groups is 1. The van der Waals surface area contributed by atoms with Crippen molar-refractivity contribution >= 4 is 39.2 Å². The molecular weight excluding hydrogens is 390 g/mol. The Morgan fingerprint density at radius 2 is 2.14 bits per heavy atom. The van der Waals surface area contributed by atoms with Gasteiger partial charge in [-0.1, -0.05) is 6.92 Å². The number of thioether (sulfide) groups is 1. The van der Waals surface area contributed by atoms with Crippen molar-refractivity contribution in [2.75, 3.05) is 12.3 Å². The van der Waals surface area contributed by atoms with Gasteiger partial charge in [-0.2, -0.15) is 11.8 Å². The fraction of sp³-hybridized carbons (Fsp3) is 0.667. The topological polar surface area (TPSA) is 66.1 Å². The van der Waals surface area contributed by atoms with Crippen LogP contribution in [-0.4, -0.2) is 39.1 Å². The maximum absolute atomic E-state index is 12.6. The van der Waals surface area contributed by atoms with Crippen LogP contribution in [0.4, 0.5) is 0 Å². The molecule has 2 aliphatic rings. The summed E-state index contributed by atoms with van der Waals surface area (Å²) >= 11 is 3.38. The van der Waals surface area contributed by atoms with Gasteiger partial charge in [-0.25, -0.2) is 4.98 Å². The molecule has 0 saturated carbocycles. The van der Waals surface area contributed by atoms with E-state index in [1.807, 2.05) is 0 Å². The van der Waals surface area contributed by atoms with E-state index < -0.39 is 0 Å². The molecule has 1 fully saturated rings. The van der Waals surface area contributed by atoms with Crippen molar-refractivity contribution in [3.05, 3.63) is 26.6 Å². The molecule has 3 heterocycles. The van der Waals surface area contributed by atoms with Crippen LogP contribution in [0.1, 0.15) is 68.1 Å². The van der Waals surface area contributed by atoms with E-state index in [-0.39, 0.29) is 11.5 Å². The zero-order valence-electron chi connectivity index (χ0n) is 16.6. The molecule has 0 spiro atoms. The minimum absolute atomic E-state index is 0.00943. The van der Waals surface area contributed by atoms with Crippen molar-refractivity contribution < 1.29 is 4.79 Å². The highest BCUT2D eigenvalue weighted by Crippen LogP contribution is 2.33. The lowest BCUT2D eigenvalue weighted by Gasteiger charge is -2.35. The van der Waals surface area contributed by atoms with Crippen LogP contribution in [0.5, 0.6) is 0 Å². The van der Waals surface area contributed by atoms with Gasteiger partial charge >= 0.3 is 0 Å². The first-order chi connectivity index (χ1) is 13.7. The Balaban J connectivity index is 1.34. The van der Waals surface area contributed by atoms with Crippen molar-refractivity contribution in [1.29, 1.82) is 0 Å². The Morgan fingerprint density at radius 1 is 1.29 bits per heavy atom. The number of amides is 1. The molecule has 4 rings (SSSR count). The predicted octanol–water partition coefficient (Wildman–Crippen LogP) is 4.28. The van der Waals surface area contributed by atoms with Crippen molar-refractivity contribution in [1.82, 2.24) is 14.9 Å². The van der Waals surface area contributed by atoms with E-state index in [1.165, 1.54) is 29.7 Å². The average Bonchev–Trinajstić information content (AvgIpc) is 3.10. The molecule has 0 aromatic carbocycles. The van der Waals surface area contributed by atoms with E-state index in [1.54, 1.807) is 23.1 Å². The third kappa shape index (κ3) is 4.15. The summed E-state index contributed by atoms with van der Waals surface area (Å²) in [6.07, 6.45) is 9.60. The van der Waals surface area contributed by atoms with Gasteiger partial charge in [0.25, 0.3) is 5.56 Å². The molecule has 2 aromatic heterocycles. The highest BCUT2D eigenvalue weighted by atomic mass is 32.2. The Bertz CT molecular complexity index is 905. The monoisotopic (exact) mass is 419 g/mol. The standard InChI is InChI=1S/C21H29N3O2S2/c1-2-14-7-5-6-11-24(14)18(25)10-12-27-13-17-22-20(26)19-15-8-3-4-9-16(15)28-21(19)23-17/h14H,2-13H2,1H3,(H,22,23,26). The molecule has 7 heteroatoms. The van der Waals surface area contributed by atoms with Gasteiger partial charge in [-0.05, 0) is 56.9 Å². The van der Waals surface area contributed by atoms with Crippen LogP contribution in [0.3, 0.4) is 0 Å². The molecule has 152 valence electrons. The Labute approximate surface area is 174 Å². The number of nitrogens with zero attached hydrogens (tertiary/aromatic N) is 2. The van der Waals surface area contributed by atoms with Crippen molar-refractivity contribution in [3.63, 3.8) is 0 Å². The Morgan fingerprint density at radius 3 is 3.00 bits per heavy atom. The summed E-state index contributed by atoms with van der Waals surface area (Å²) in [7, 11) is 0. The summed E-state index contributed by atoms with van der Waals surface area (Å²) in [5.41, 5.74) is 1.24. The van der Waals surface area contributed by atoms with Gasteiger partial charge < -0.3 is 9.88 Å². The molecule has 5 nitrogen and oxygen atoms in total. The minimum Gasteiger partial charge on any atom is -0.340 e. The van der Waals surface area contributed by atoms with Gasteiger partial charge in [0.2, 0.25) is 5.91 Å². The molecule has 0 radical (unpaired) electrons. The number of aromatic amines is 1. The first-order valence-electron chi connectivity index (χ1n) is 10.6. The molecule has 1 amide bonds. The fourth-order valence-electron chi connectivity index (χ4n) is 4.50. The van der Waals surface area contributed by atoms with Gasteiger partial charge in [0.15, 0.2) is 0 Å². The number of likely N-dealkylation sites (tertiary alicyclic amines) is 1. The molecule has 28 heavy (non-hydrogen) atoms. The van der Waals surface area contributed by atoms with Crippen molar-refractivity contribution in [2.24, 2.45) is 0 Å². The smallest absolute Gasteiger partial charge is 0.259 e. The van der Waals surface area contributed by atoms with Crippen LogP contribution < -0.4 is 5.56 Å². The second-order valence-electron chi connectivity index (χ2n) is 7.85. The zero-order valence-corrected chi connectivity index (χ0v) is 18.2. The number of aryl methyl sites for hydroxylation is 2. The van der Waals surface area contributed by atoms with E-state index in [0.29, 0.717) is 18.2 Å². The van der Waals surface area contributed by atoms with Gasteiger partial charge in [0.1, 0.15) is 10.7 Å². The lowest BCUT2D eigenvalue weighted by atomic mass is 9.97. The molecular formula is C21H29N3O2S2. The number of nitrogens with one attached hydrogen (secondary N) is 1. The second-order valence-corrected chi connectivity index (χ2v) is 10.0. The number of piperidine rings is 1. The number of thiophene rings is 1. The van der Waals surface area contributed by atoms with E-state index in [4.69, 9.17) is 4.98 Å². The quantitative estimate of drug-likeness (QED) is 0.710. The number of hydrogen-bond acceptors (Lipinski definition) is 5. The first kappa shape index (κ1) is 20.0. The SMILES string of the molecule is CCC1CCCCN1C(=O)CCSCc1nc2sc3c(c2c(=O)[nH]1)CCCC3. The summed E-state index contributed by atoms with van der Waals surface area (Å²) < 4.78 is 0. The van der Waals surface area contributed by atoms with Crippen LogP contribution >= 0.6 is 23.1 Å². The summed E-state index contributed by atoms with van der Waals surface area (Å²) in [5.74, 6) is 2.44. The summed E-state index contributed by atoms with van der Waals surface area (Å²) in [4.78, 5) is 37.2. The normalized spacial score (nSPS) is 19.8. The Kier molecular flexibility index (Phi) is 6.41. The summed E-state index contributed by atoms with van der Waals surface area (Å²) in [6, 6.07) is 0.427. The Hall–Kier alpha value is -1.34. The molecule has 1 N–H and O–H groups in total. The molecule has 0 bridgehead atoms. The lowest BCUT2D eigenvalue weighted by molar-refractivity contribution is -0.134. The second kappa shape index (κ2) is 8.99. The number of rotatable bonds is 6. The highest BCUT2D eigenvalue weighted by molar-refractivity contribution is 7.98. The van der Waals surface area contributed by atoms with Gasteiger partial charge in [0, 0.05) is 29.6 Å². The van der Waals surface area contributed by atoms with Crippen LogP contribution in [0.25, 0.3) is 10.2 Å². The lowest BCUT2D eigenvalue weighted by Crippen LogP contribution is -2.43. The number of carbonyl (C=O) groups excluding carboxylic acids is 1. The predicted molar refractivity (Wildman–Crippen MR) is 117 cm³/mol. The average molecular weight is 420 g/mol. The molecule has 1 aliphatic carbocycles. The number of H-pyrrole nitrogens is 1. The summed E-state index contributed by atoms with van der Waals surface area (Å²) in [5, 5.41) is 0.819. The van der Waals surface area contributed by atoms with Crippen LogP contribution in [0, 0.1) is 0 Å². The van der Waals surface area contributed by atoms with E-state index in [9.17, 15) is 9.59 Å². The van der Waals surface area contributed by atoms with E-state index >= 15 is 0 Å². The minimum atomic E-state index is 0.00943. The van der Waals surface area contributed by atoms with E-state index in [0.717, 1.165) is 60.4 Å². The van der Waals surface area contributed by atoms with Crippen LogP contribution in [-0.2, 0) is 23.4 Å². The third-order valence-corrected chi connectivity index (χ3v) is 8.15. The number of aromatic nitrogens is 2. The van der Waals surface area contributed by atoms with Gasteiger partial charge in [-0.15, -0.1) is 11.3 Å². The van der Waals surface area contributed by atoms with Crippen LogP contribution in [0.15, 0.2) is 4.79 Å². The first-order valence-corrected chi connectivity index (χ1v) is 12.5. The molecule has 2 aromatic rings. The third-order valence-electron chi connectivity index (χ3n) is 5.99. The molecule has 1 saturated heterocycles. The van der Waals surface area contributed by atoms with Crippen molar-refractivity contribution in [3.8, 4) is 0 Å². The molecule has 1 aliphatic heterocycles. The fourth-order valence-corrected chi connectivity index (χ4v) is 6.58. The largest absolute Gasteiger partial charge is 0.340 e. The molecule has 1 atom stereocenters.